The Kier molecular flexibility index (Phi) is 6.58. The van der Waals surface area contributed by atoms with Crippen molar-refractivity contribution >= 4 is 56.8 Å². The van der Waals surface area contributed by atoms with Crippen LogP contribution in [0.3, 0.4) is 0 Å². The molecule has 1 aliphatic rings. The van der Waals surface area contributed by atoms with Gasteiger partial charge in [-0.3, -0.25) is 24.1 Å². The van der Waals surface area contributed by atoms with Gasteiger partial charge in [0.05, 0.1) is 21.8 Å². The standard InChI is InChI=1S/C21H19BrClN3O4/c1-11(2)24-19(28)12-3-6-16(23)17(9-12)25-18(27)7-8-26-20(29)14-5-4-13(22)10-15(14)21(26)30/h3-6,9-11H,7-8H2,1-2H3,(H,24,28)(H,25,27). The maximum absolute atomic E-state index is 12.5. The fraction of sp³-hybridized carbons (Fsp3) is 0.238. The Morgan fingerprint density at radius 3 is 2.47 bits per heavy atom. The lowest BCUT2D eigenvalue weighted by Crippen LogP contribution is -2.33. The molecular formula is C21H19BrClN3O4. The maximum Gasteiger partial charge on any atom is 0.261 e. The zero-order valence-electron chi connectivity index (χ0n) is 16.3. The predicted octanol–water partition coefficient (Wildman–Crippen LogP) is 3.87. The monoisotopic (exact) mass is 491 g/mol. The summed E-state index contributed by atoms with van der Waals surface area (Å²) in [6.07, 6.45) is -0.106. The van der Waals surface area contributed by atoms with Gasteiger partial charge in [-0.25, -0.2) is 0 Å². The summed E-state index contributed by atoms with van der Waals surface area (Å²) in [6.45, 7) is 3.61. The Hall–Kier alpha value is -2.71. The first-order valence-corrected chi connectivity index (χ1v) is 10.4. The second-order valence-corrected chi connectivity index (χ2v) is 8.40. The van der Waals surface area contributed by atoms with Crippen molar-refractivity contribution in [2.24, 2.45) is 0 Å². The summed E-state index contributed by atoms with van der Waals surface area (Å²) in [7, 11) is 0. The average Bonchev–Trinajstić information content (AvgIpc) is 2.91. The van der Waals surface area contributed by atoms with Crippen LogP contribution in [0, 0.1) is 0 Å². The summed E-state index contributed by atoms with van der Waals surface area (Å²) in [5, 5.41) is 5.67. The smallest absolute Gasteiger partial charge is 0.261 e. The molecule has 30 heavy (non-hydrogen) atoms. The molecule has 4 amide bonds. The van der Waals surface area contributed by atoms with Crippen LogP contribution in [-0.2, 0) is 4.79 Å². The molecule has 1 heterocycles. The third-order valence-corrected chi connectivity index (χ3v) is 5.24. The minimum atomic E-state index is -0.436. The largest absolute Gasteiger partial charge is 0.350 e. The third kappa shape index (κ3) is 4.71. The average molecular weight is 493 g/mol. The van der Waals surface area contributed by atoms with Crippen LogP contribution in [0.15, 0.2) is 40.9 Å². The van der Waals surface area contributed by atoms with Gasteiger partial charge in [-0.1, -0.05) is 27.5 Å². The first kappa shape index (κ1) is 22.0. The Morgan fingerprint density at radius 1 is 1.07 bits per heavy atom. The van der Waals surface area contributed by atoms with Gasteiger partial charge in [-0.15, -0.1) is 0 Å². The highest BCUT2D eigenvalue weighted by atomic mass is 79.9. The van der Waals surface area contributed by atoms with Crippen molar-refractivity contribution in [2.75, 3.05) is 11.9 Å². The van der Waals surface area contributed by atoms with Gasteiger partial charge in [0, 0.05) is 29.0 Å². The summed E-state index contributed by atoms with van der Waals surface area (Å²) >= 11 is 9.41. The molecule has 0 bridgehead atoms. The number of carbonyl (C=O) groups is 4. The van der Waals surface area contributed by atoms with E-state index in [0.717, 1.165) is 4.90 Å². The van der Waals surface area contributed by atoms with Crippen LogP contribution >= 0.6 is 27.5 Å². The molecule has 0 atom stereocenters. The number of carbonyl (C=O) groups excluding carboxylic acids is 4. The van der Waals surface area contributed by atoms with E-state index in [1.54, 1.807) is 24.3 Å². The molecule has 0 spiro atoms. The summed E-state index contributed by atoms with van der Waals surface area (Å²) in [6, 6.07) is 9.38. The molecule has 0 aliphatic carbocycles. The summed E-state index contributed by atoms with van der Waals surface area (Å²) in [4.78, 5) is 50.5. The number of anilines is 1. The zero-order chi connectivity index (χ0) is 22.0. The van der Waals surface area contributed by atoms with Crippen LogP contribution in [0.1, 0.15) is 51.3 Å². The number of hydrogen-bond acceptors (Lipinski definition) is 4. The predicted molar refractivity (Wildman–Crippen MR) is 117 cm³/mol. The number of fused-ring (bicyclic) bond motifs is 1. The molecule has 0 unspecified atom stereocenters. The number of nitrogens with one attached hydrogen (secondary N) is 2. The second-order valence-electron chi connectivity index (χ2n) is 7.07. The molecule has 0 fully saturated rings. The fourth-order valence-electron chi connectivity index (χ4n) is 3.00. The summed E-state index contributed by atoms with van der Waals surface area (Å²) in [5.74, 6) is -1.58. The molecule has 2 N–H and O–H groups in total. The van der Waals surface area contributed by atoms with Gasteiger partial charge in [-0.05, 0) is 50.2 Å². The van der Waals surface area contributed by atoms with E-state index < -0.39 is 17.7 Å². The van der Waals surface area contributed by atoms with Gasteiger partial charge >= 0.3 is 0 Å². The van der Waals surface area contributed by atoms with Crippen LogP contribution in [-0.4, -0.2) is 41.1 Å². The van der Waals surface area contributed by atoms with Crippen molar-refractivity contribution < 1.29 is 19.2 Å². The van der Waals surface area contributed by atoms with Crippen LogP contribution in [0.4, 0.5) is 5.69 Å². The zero-order valence-corrected chi connectivity index (χ0v) is 18.6. The van der Waals surface area contributed by atoms with E-state index >= 15 is 0 Å². The number of halogens is 2. The van der Waals surface area contributed by atoms with Gasteiger partial charge in [0.25, 0.3) is 17.7 Å². The SMILES string of the molecule is CC(C)NC(=O)c1ccc(Cl)c(NC(=O)CCN2C(=O)c3ccc(Br)cc3C2=O)c1. The molecule has 0 saturated heterocycles. The highest BCUT2D eigenvalue weighted by Crippen LogP contribution is 2.27. The fourth-order valence-corrected chi connectivity index (χ4v) is 3.53. The Balaban J connectivity index is 1.65. The molecule has 0 aromatic heterocycles. The van der Waals surface area contributed by atoms with Gasteiger partial charge in [-0.2, -0.15) is 0 Å². The highest BCUT2D eigenvalue weighted by molar-refractivity contribution is 9.10. The number of imide groups is 1. The molecule has 156 valence electrons. The number of rotatable bonds is 6. The minimum absolute atomic E-state index is 0.0356. The number of amides is 4. The molecule has 9 heteroatoms. The van der Waals surface area contributed by atoms with Crippen LogP contribution < -0.4 is 10.6 Å². The van der Waals surface area contributed by atoms with E-state index in [2.05, 4.69) is 26.6 Å². The van der Waals surface area contributed by atoms with Crippen molar-refractivity contribution in [3.63, 3.8) is 0 Å². The second kappa shape index (κ2) is 8.97. The molecule has 7 nitrogen and oxygen atoms in total. The van der Waals surface area contributed by atoms with Crippen molar-refractivity contribution in [2.45, 2.75) is 26.3 Å². The minimum Gasteiger partial charge on any atom is -0.350 e. The Bertz CT molecular complexity index is 1050. The highest BCUT2D eigenvalue weighted by Gasteiger charge is 2.35. The number of nitrogens with zero attached hydrogens (tertiary/aromatic N) is 1. The van der Waals surface area contributed by atoms with Crippen molar-refractivity contribution in [1.29, 1.82) is 0 Å². The molecule has 1 aliphatic heterocycles. The maximum atomic E-state index is 12.5. The lowest BCUT2D eigenvalue weighted by atomic mass is 10.1. The van der Waals surface area contributed by atoms with E-state index in [0.29, 0.717) is 21.2 Å². The topological polar surface area (TPSA) is 95.6 Å². The van der Waals surface area contributed by atoms with Crippen LogP contribution in [0.5, 0.6) is 0 Å². The van der Waals surface area contributed by atoms with E-state index in [9.17, 15) is 19.2 Å². The molecule has 0 saturated carbocycles. The van der Waals surface area contributed by atoms with Crippen LogP contribution in [0.2, 0.25) is 5.02 Å². The molecule has 2 aromatic rings. The van der Waals surface area contributed by atoms with Crippen molar-refractivity contribution in [3.05, 3.63) is 62.6 Å². The van der Waals surface area contributed by atoms with Crippen LogP contribution in [0.25, 0.3) is 0 Å². The molecular weight excluding hydrogens is 474 g/mol. The van der Waals surface area contributed by atoms with Gasteiger partial charge in [0.1, 0.15) is 0 Å². The molecule has 0 radical (unpaired) electrons. The Morgan fingerprint density at radius 2 is 1.77 bits per heavy atom. The normalized spacial score (nSPS) is 12.9. The quantitative estimate of drug-likeness (QED) is 0.599. The lowest BCUT2D eigenvalue weighted by molar-refractivity contribution is -0.116. The van der Waals surface area contributed by atoms with Gasteiger partial charge in [0.2, 0.25) is 5.91 Å². The first-order chi connectivity index (χ1) is 14.2. The van der Waals surface area contributed by atoms with Gasteiger partial charge in [0.15, 0.2) is 0 Å². The molecule has 2 aromatic carbocycles. The summed E-state index contributed by atoms with van der Waals surface area (Å²) < 4.78 is 0.693. The van der Waals surface area contributed by atoms with Gasteiger partial charge < -0.3 is 10.6 Å². The third-order valence-electron chi connectivity index (χ3n) is 4.42. The number of hydrogen-bond donors (Lipinski definition) is 2. The summed E-state index contributed by atoms with van der Waals surface area (Å²) in [5.41, 5.74) is 1.26. The lowest BCUT2D eigenvalue weighted by Gasteiger charge is -2.14. The van der Waals surface area contributed by atoms with Crippen molar-refractivity contribution in [3.8, 4) is 0 Å². The van der Waals surface area contributed by atoms with Crippen molar-refractivity contribution in [1.82, 2.24) is 10.2 Å². The van der Waals surface area contributed by atoms with E-state index in [1.807, 2.05) is 13.8 Å². The van der Waals surface area contributed by atoms with E-state index in [4.69, 9.17) is 11.6 Å². The first-order valence-electron chi connectivity index (χ1n) is 9.23. The Labute approximate surface area is 186 Å². The van der Waals surface area contributed by atoms with E-state index in [-0.39, 0.29) is 35.6 Å². The number of benzene rings is 2. The molecule has 3 rings (SSSR count). The van der Waals surface area contributed by atoms with E-state index in [1.165, 1.54) is 12.1 Å².